The number of piperidine rings is 1. The van der Waals surface area contributed by atoms with E-state index >= 15 is 0 Å². The lowest BCUT2D eigenvalue weighted by Crippen LogP contribution is -2.52. The maximum absolute atomic E-state index is 12.9. The number of imidazole rings is 1. The molecule has 2 amide bonds. The lowest BCUT2D eigenvalue weighted by Gasteiger charge is -2.35. The first-order chi connectivity index (χ1) is 13.5. The van der Waals surface area contributed by atoms with Crippen molar-refractivity contribution >= 4 is 11.8 Å². The number of likely N-dealkylation sites (tertiary alicyclic amines) is 1. The molecule has 7 nitrogen and oxygen atoms in total. The zero-order chi connectivity index (χ0) is 20.1. The number of carbonyl (C=O) groups is 2. The average molecular weight is 383 g/mol. The normalized spacial score (nSPS) is 16.2. The molecule has 1 aliphatic heterocycles. The Kier molecular flexibility index (Phi) is 6.44. The summed E-state index contributed by atoms with van der Waals surface area (Å²) in [6.07, 6.45) is 9.22. The van der Waals surface area contributed by atoms with Gasteiger partial charge in [-0.25, -0.2) is 4.98 Å². The number of aromatic nitrogens is 3. The number of hydrogen-bond donors (Lipinski definition) is 1. The predicted octanol–water partition coefficient (Wildman–Crippen LogP) is 2.19. The van der Waals surface area contributed by atoms with Gasteiger partial charge < -0.3 is 14.8 Å². The summed E-state index contributed by atoms with van der Waals surface area (Å²) in [5.74, 6) is 1.32. The summed E-state index contributed by atoms with van der Waals surface area (Å²) in [6.45, 7) is 7.53. The van der Waals surface area contributed by atoms with Gasteiger partial charge in [0.15, 0.2) is 0 Å². The van der Waals surface area contributed by atoms with Crippen LogP contribution in [0.15, 0.2) is 36.9 Å². The SMILES string of the molecule is CC(=O)NC(C(=O)N1CCC(c2nccn2Cc2ccncc2)CC1)C(C)C. The molecule has 1 saturated heterocycles. The van der Waals surface area contributed by atoms with Crippen LogP contribution in [0.1, 0.15) is 50.9 Å². The molecule has 0 aromatic carbocycles. The zero-order valence-electron chi connectivity index (χ0n) is 16.8. The Balaban J connectivity index is 1.62. The molecule has 1 unspecified atom stereocenters. The molecule has 1 aliphatic rings. The molecule has 1 atom stereocenters. The van der Waals surface area contributed by atoms with Gasteiger partial charge in [0, 0.05) is 57.3 Å². The first kappa shape index (κ1) is 20.0. The Bertz CT molecular complexity index is 794. The number of carbonyl (C=O) groups excluding carboxylic acids is 2. The molecule has 0 aliphatic carbocycles. The second-order valence-electron chi connectivity index (χ2n) is 7.79. The maximum atomic E-state index is 12.9. The smallest absolute Gasteiger partial charge is 0.245 e. The molecule has 2 aromatic heterocycles. The number of amides is 2. The second-order valence-corrected chi connectivity index (χ2v) is 7.79. The molecular weight excluding hydrogens is 354 g/mol. The van der Waals surface area contributed by atoms with Crippen LogP contribution in [-0.4, -0.2) is 50.4 Å². The highest BCUT2D eigenvalue weighted by Gasteiger charge is 2.32. The van der Waals surface area contributed by atoms with E-state index in [1.54, 1.807) is 12.4 Å². The molecule has 150 valence electrons. The largest absolute Gasteiger partial charge is 0.344 e. The molecule has 1 fully saturated rings. The van der Waals surface area contributed by atoms with Crippen LogP contribution in [0.5, 0.6) is 0 Å². The van der Waals surface area contributed by atoms with Gasteiger partial charge >= 0.3 is 0 Å². The Morgan fingerprint density at radius 3 is 2.46 bits per heavy atom. The third kappa shape index (κ3) is 4.77. The molecule has 7 heteroatoms. The Morgan fingerprint density at radius 1 is 1.18 bits per heavy atom. The third-order valence-corrected chi connectivity index (χ3v) is 5.31. The van der Waals surface area contributed by atoms with Crippen LogP contribution in [0.25, 0.3) is 0 Å². The fraction of sp³-hybridized carbons (Fsp3) is 0.524. The molecule has 3 heterocycles. The van der Waals surface area contributed by atoms with Crippen molar-refractivity contribution in [3.8, 4) is 0 Å². The molecule has 0 radical (unpaired) electrons. The zero-order valence-corrected chi connectivity index (χ0v) is 16.8. The molecule has 0 spiro atoms. The number of rotatable bonds is 6. The summed E-state index contributed by atoms with van der Waals surface area (Å²) >= 11 is 0. The molecule has 1 N–H and O–H groups in total. The van der Waals surface area contributed by atoms with E-state index in [2.05, 4.69) is 19.9 Å². The summed E-state index contributed by atoms with van der Waals surface area (Å²) in [5, 5.41) is 2.80. The van der Waals surface area contributed by atoms with Crippen molar-refractivity contribution < 1.29 is 9.59 Å². The van der Waals surface area contributed by atoms with Crippen molar-refractivity contribution in [1.29, 1.82) is 0 Å². The van der Waals surface area contributed by atoms with E-state index in [0.29, 0.717) is 19.0 Å². The van der Waals surface area contributed by atoms with Crippen LogP contribution in [0.3, 0.4) is 0 Å². The van der Waals surface area contributed by atoms with Crippen molar-refractivity contribution in [3.63, 3.8) is 0 Å². The Labute approximate surface area is 166 Å². The molecule has 0 saturated carbocycles. The van der Waals surface area contributed by atoms with Gasteiger partial charge in [-0.05, 0) is 36.5 Å². The Morgan fingerprint density at radius 2 is 1.86 bits per heavy atom. The van der Waals surface area contributed by atoms with Gasteiger partial charge in [0.1, 0.15) is 11.9 Å². The van der Waals surface area contributed by atoms with Crippen LogP contribution in [0, 0.1) is 5.92 Å². The quantitative estimate of drug-likeness (QED) is 0.829. The van der Waals surface area contributed by atoms with Gasteiger partial charge in [-0.15, -0.1) is 0 Å². The van der Waals surface area contributed by atoms with E-state index < -0.39 is 6.04 Å². The number of pyridine rings is 1. The summed E-state index contributed by atoms with van der Waals surface area (Å²) in [7, 11) is 0. The molecular formula is C21H29N5O2. The van der Waals surface area contributed by atoms with Crippen molar-refractivity contribution in [3.05, 3.63) is 48.3 Å². The van der Waals surface area contributed by atoms with E-state index in [0.717, 1.165) is 25.2 Å². The van der Waals surface area contributed by atoms with Crippen LogP contribution in [-0.2, 0) is 16.1 Å². The van der Waals surface area contributed by atoms with Crippen LogP contribution >= 0.6 is 0 Å². The highest BCUT2D eigenvalue weighted by atomic mass is 16.2. The van der Waals surface area contributed by atoms with E-state index in [1.807, 2.05) is 43.3 Å². The van der Waals surface area contributed by atoms with Crippen molar-refractivity contribution in [2.45, 2.75) is 52.1 Å². The Hall–Kier alpha value is -2.70. The number of nitrogens with one attached hydrogen (secondary N) is 1. The number of nitrogens with zero attached hydrogens (tertiary/aromatic N) is 4. The van der Waals surface area contributed by atoms with E-state index in [-0.39, 0.29) is 17.7 Å². The van der Waals surface area contributed by atoms with E-state index in [1.165, 1.54) is 12.5 Å². The molecule has 28 heavy (non-hydrogen) atoms. The topological polar surface area (TPSA) is 80.1 Å². The fourth-order valence-corrected chi connectivity index (χ4v) is 3.79. The maximum Gasteiger partial charge on any atom is 0.245 e. The summed E-state index contributed by atoms with van der Waals surface area (Å²) in [4.78, 5) is 34.9. The van der Waals surface area contributed by atoms with Crippen molar-refractivity contribution in [2.24, 2.45) is 5.92 Å². The van der Waals surface area contributed by atoms with Crippen LogP contribution in [0.4, 0.5) is 0 Å². The second kappa shape index (κ2) is 8.99. The molecule has 3 rings (SSSR count). The minimum absolute atomic E-state index is 0.0174. The van der Waals surface area contributed by atoms with Gasteiger partial charge in [0.25, 0.3) is 0 Å². The molecule has 0 bridgehead atoms. The number of hydrogen-bond acceptors (Lipinski definition) is 4. The van der Waals surface area contributed by atoms with Crippen molar-refractivity contribution in [2.75, 3.05) is 13.1 Å². The summed E-state index contributed by atoms with van der Waals surface area (Å²) in [5.41, 5.74) is 1.19. The molecule has 2 aromatic rings. The summed E-state index contributed by atoms with van der Waals surface area (Å²) in [6, 6.07) is 3.57. The first-order valence-corrected chi connectivity index (χ1v) is 9.91. The standard InChI is InChI=1S/C21H29N5O2/c1-15(2)19(24-16(3)27)21(28)25-11-6-18(7-12-25)20-23-10-13-26(20)14-17-4-8-22-9-5-17/h4-5,8-10,13,15,18-19H,6-7,11-12,14H2,1-3H3,(H,24,27). The first-order valence-electron chi connectivity index (χ1n) is 9.91. The minimum atomic E-state index is -0.456. The lowest BCUT2D eigenvalue weighted by atomic mass is 9.94. The van der Waals surface area contributed by atoms with E-state index in [4.69, 9.17) is 0 Å². The van der Waals surface area contributed by atoms with Crippen LogP contribution in [0.2, 0.25) is 0 Å². The van der Waals surface area contributed by atoms with Gasteiger partial charge in [0.2, 0.25) is 11.8 Å². The van der Waals surface area contributed by atoms with Crippen LogP contribution < -0.4 is 5.32 Å². The minimum Gasteiger partial charge on any atom is -0.344 e. The lowest BCUT2D eigenvalue weighted by molar-refractivity contribution is -0.138. The van der Waals surface area contributed by atoms with Gasteiger partial charge in [-0.3, -0.25) is 14.6 Å². The highest BCUT2D eigenvalue weighted by molar-refractivity contribution is 5.87. The predicted molar refractivity (Wildman–Crippen MR) is 107 cm³/mol. The average Bonchev–Trinajstić information content (AvgIpc) is 3.14. The van der Waals surface area contributed by atoms with E-state index in [9.17, 15) is 9.59 Å². The van der Waals surface area contributed by atoms with Gasteiger partial charge in [-0.2, -0.15) is 0 Å². The van der Waals surface area contributed by atoms with Gasteiger partial charge in [0.05, 0.1) is 0 Å². The fourth-order valence-electron chi connectivity index (χ4n) is 3.79. The summed E-state index contributed by atoms with van der Waals surface area (Å²) < 4.78 is 2.19. The van der Waals surface area contributed by atoms with Gasteiger partial charge in [-0.1, -0.05) is 13.8 Å². The monoisotopic (exact) mass is 383 g/mol. The highest BCUT2D eigenvalue weighted by Crippen LogP contribution is 2.28. The van der Waals surface area contributed by atoms with Crippen molar-refractivity contribution in [1.82, 2.24) is 24.8 Å². The third-order valence-electron chi connectivity index (χ3n) is 5.31.